The van der Waals surface area contributed by atoms with E-state index in [1.807, 2.05) is 29.2 Å². The number of urea groups is 1. The van der Waals surface area contributed by atoms with Crippen LogP contribution in [0.15, 0.2) is 24.3 Å². The van der Waals surface area contributed by atoms with Crippen LogP contribution in [0, 0.1) is 5.41 Å². The Hall–Kier alpha value is -1.55. The predicted molar refractivity (Wildman–Crippen MR) is 82.6 cm³/mol. The summed E-state index contributed by atoms with van der Waals surface area (Å²) in [5, 5.41) is 2.95. The molecule has 1 fully saturated rings. The minimum absolute atomic E-state index is 0.00338. The highest BCUT2D eigenvalue weighted by molar-refractivity contribution is 5.89. The van der Waals surface area contributed by atoms with Crippen molar-refractivity contribution in [3.63, 3.8) is 0 Å². The number of carbonyl (C=O) groups is 1. The fourth-order valence-electron chi connectivity index (χ4n) is 2.53. The van der Waals surface area contributed by atoms with E-state index < -0.39 is 0 Å². The Kier molecular flexibility index (Phi) is 4.65. The van der Waals surface area contributed by atoms with Crippen molar-refractivity contribution in [2.75, 3.05) is 18.4 Å². The van der Waals surface area contributed by atoms with E-state index in [-0.39, 0.29) is 6.03 Å². The lowest BCUT2D eigenvalue weighted by atomic mass is 9.78. The first-order chi connectivity index (χ1) is 9.56. The maximum atomic E-state index is 12.2. The third kappa shape index (κ3) is 3.51. The van der Waals surface area contributed by atoms with Crippen molar-refractivity contribution in [2.24, 2.45) is 11.1 Å². The number of amides is 2. The molecule has 0 unspecified atom stereocenters. The van der Waals surface area contributed by atoms with E-state index in [1.54, 1.807) is 0 Å². The van der Waals surface area contributed by atoms with Crippen molar-refractivity contribution < 1.29 is 4.79 Å². The first kappa shape index (κ1) is 14.9. The number of benzene rings is 1. The van der Waals surface area contributed by atoms with Gasteiger partial charge >= 0.3 is 6.03 Å². The summed E-state index contributed by atoms with van der Waals surface area (Å²) in [4.78, 5) is 14.1. The maximum absolute atomic E-state index is 12.2. The van der Waals surface area contributed by atoms with E-state index in [0.717, 1.165) is 37.2 Å². The number of piperidine rings is 1. The van der Waals surface area contributed by atoms with E-state index in [9.17, 15) is 4.79 Å². The topological polar surface area (TPSA) is 58.4 Å². The van der Waals surface area contributed by atoms with Gasteiger partial charge in [-0.25, -0.2) is 4.79 Å². The van der Waals surface area contributed by atoms with Gasteiger partial charge in [0.15, 0.2) is 0 Å². The number of hydrogen-bond donors (Lipinski definition) is 2. The molecule has 0 aliphatic carbocycles. The van der Waals surface area contributed by atoms with Gasteiger partial charge in [-0.3, -0.25) is 0 Å². The molecule has 20 heavy (non-hydrogen) atoms. The summed E-state index contributed by atoms with van der Waals surface area (Å²) >= 11 is 0. The number of carbonyl (C=O) groups excluding carboxylic acids is 1. The van der Waals surface area contributed by atoms with Gasteiger partial charge in [0, 0.05) is 25.3 Å². The van der Waals surface area contributed by atoms with E-state index in [2.05, 4.69) is 19.2 Å². The van der Waals surface area contributed by atoms with Crippen molar-refractivity contribution in [3.8, 4) is 0 Å². The molecule has 0 saturated carbocycles. The van der Waals surface area contributed by atoms with E-state index >= 15 is 0 Å². The highest BCUT2D eigenvalue weighted by atomic mass is 16.2. The minimum Gasteiger partial charge on any atom is -0.326 e. The maximum Gasteiger partial charge on any atom is 0.321 e. The van der Waals surface area contributed by atoms with Gasteiger partial charge in [-0.2, -0.15) is 0 Å². The Labute approximate surface area is 121 Å². The highest BCUT2D eigenvalue weighted by Gasteiger charge is 2.30. The Balaban J connectivity index is 1.89. The quantitative estimate of drug-likeness (QED) is 0.890. The zero-order valence-corrected chi connectivity index (χ0v) is 12.5. The van der Waals surface area contributed by atoms with Gasteiger partial charge in [-0.15, -0.1) is 0 Å². The summed E-state index contributed by atoms with van der Waals surface area (Å²) in [5.41, 5.74) is 7.86. The summed E-state index contributed by atoms with van der Waals surface area (Å²) < 4.78 is 0. The Morgan fingerprint density at radius 2 is 1.90 bits per heavy atom. The van der Waals surface area contributed by atoms with E-state index in [0.29, 0.717) is 12.0 Å². The van der Waals surface area contributed by atoms with Crippen molar-refractivity contribution in [1.82, 2.24) is 4.90 Å². The van der Waals surface area contributed by atoms with Gasteiger partial charge in [0.25, 0.3) is 0 Å². The van der Waals surface area contributed by atoms with E-state index in [1.165, 1.54) is 6.42 Å². The normalized spacial score (nSPS) is 17.9. The van der Waals surface area contributed by atoms with Crippen LogP contribution in [-0.2, 0) is 6.54 Å². The lowest BCUT2D eigenvalue weighted by Gasteiger charge is -2.38. The molecule has 1 heterocycles. The first-order valence-corrected chi connectivity index (χ1v) is 7.41. The number of likely N-dealkylation sites (tertiary alicyclic amines) is 1. The highest BCUT2D eigenvalue weighted by Crippen LogP contribution is 2.34. The number of rotatable bonds is 3. The second kappa shape index (κ2) is 6.27. The standard InChI is InChI=1S/C16H25N3O/c1-3-16(2)8-10-19(11-9-16)15(20)18-14-6-4-13(12-17)5-7-14/h4-7H,3,8-12,17H2,1-2H3,(H,18,20). The second-order valence-corrected chi connectivity index (χ2v) is 5.98. The average Bonchev–Trinajstić information content (AvgIpc) is 2.48. The van der Waals surface area contributed by atoms with Crippen molar-refractivity contribution in [2.45, 2.75) is 39.7 Å². The fourth-order valence-corrected chi connectivity index (χ4v) is 2.53. The van der Waals surface area contributed by atoms with Crippen LogP contribution in [0.5, 0.6) is 0 Å². The lowest BCUT2D eigenvalue weighted by molar-refractivity contribution is 0.133. The average molecular weight is 275 g/mol. The number of nitrogens with one attached hydrogen (secondary N) is 1. The molecule has 2 rings (SSSR count). The Bertz CT molecular complexity index is 447. The third-order valence-electron chi connectivity index (χ3n) is 4.55. The van der Waals surface area contributed by atoms with Gasteiger partial charge in [0.05, 0.1) is 0 Å². The minimum atomic E-state index is 0.00338. The third-order valence-corrected chi connectivity index (χ3v) is 4.55. The molecular formula is C16H25N3O. The van der Waals surface area contributed by atoms with Crippen LogP contribution in [-0.4, -0.2) is 24.0 Å². The van der Waals surface area contributed by atoms with Gasteiger partial charge in [-0.05, 0) is 36.0 Å². The molecule has 1 aliphatic heterocycles. The number of hydrogen-bond acceptors (Lipinski definition) is 2. The summed E-state index contributed by atoms with van der Waals surface area (Å²) in [6.45, 7) is 6.76. The molecule has 1 aliphatic rings. The Morgan fingerprint density at radius 3 is 2.40 bits per heavy atom. The molecule has 110 valence electrons. The molecule has 0 atom stereocenters. The number of nitrogens with zero attached hydrogens (tertiary/aromatic N) is 1. The molecule has 4 nitrogen and oxygen atoms in total. The van der Waals surface area contributed by atoms with E-state index in [4.69, 9.17) is 5.73 Å². The zero-order valence-electron chi connectivity index (χ0n) is 12.5. The van der Waals surface area contributed by atoms with Crippen LogP contribution in [0.3, 0.4) is 0 Å². The van der Waals surface area contributed by atoms with Crippen LogP contribution in [0.25, 0.3) is 0 Å². The van der Waals surface area contributed by atoms with Gasteiger partial charge in [0.2, 0.25) is 0 Å². The molecule has 3 N–H and O–H groups in total. The van der Waals surface area contributed by atoms with Crippen LogP contribution in [0.4, 0.5) is 10.5 Å². The van der Waals surface area contributed by atoms with Gasteiger partial charge < -0.3 is 16.0 Å². The fraction of sp³-hybridized carbons (Fsp3) is 0.562. The molecule has 4 heteroatoms. The Morgan fingerprint density at radius 1 is 1.30 bits per heavy atom. The molecule has 1 aromatic rings. The summed E-state index contributed by atoms with van der Waals surface area (Å²) in [6, 6.07) is 7.70. The number of anilines is 1. The molecule has 0 spiro atoms. The molecular weight excluding hydrogens is 250 g/mol. The molecule has 1 aromatic carbocycles. The van der Waals surface area contributed by atoms with Crippen LogP contribution in [0.2, 0.25) is 0 Å². The monoisotopic (exact) mass is 275 g/mol. The molecule has 0 radical (unpaired) electrons. The van der Waals surface area contributed by atoms with Crippen LogP contribution in [0.1, 0.15) is 38.7 Å². The second-order valence-electron chi connectivity index (χ2n) is 5.98. The van der Waals surface area contributed by atoms with Crippen LogP contribution >= 0.6 is 0 Å². The SMILES string of the molecule is CCC1(C)CCN(C(=O)Nc2ccc(CN)cc2)CC1. The van der Waals surface area contributed by atoms with Crippen molar-refractivity contribution >= 4 is 11.7 Å². The van der Waals surface area contributed by atoms with Crippen LogP contribution < -0.4 is 11.1 Å². The van der Waals surface area contributed by atoms with Gasteiger partial charge in [0.1, 0.15) is 0 Å². The predicted octanol–water partition coefficient (Wildman–Crippen LogP) is 3.19. The summed E-state index contributed by atoms with van der Waals surface area (Å²) in [6.07, 6.45) is 3.36. The lowest BCUT2D eigenvalue weighted by Crippen LogP contribution is -2.43. The largest absolute Gasteiger partial charge is 0.326 e. The van der Waals surface area contributed by atoms with Crippen molar-refractivity contribution in [3.05, 3.63) is 29.8 Å². The molecule has 2 amide bonds. The van der Waals surface area contributed by atoms with Crippen molar-refractivity contribution in [1.29, 1.82) is 0 Å². The summed E-state index contributed by atoms with van der Waals surface area (Å²) in [7, 11) is 0. The molecule has 0 bridgehead atoms. The molecule has 0 aromatic heterocycles. The van der Waals surface area contributed by atoms with Gasteiger partial charge in [-0.1, -0.05) is 32.4 Å². The smallest absolute Gasteiger partial charge is 0.321 e. The number of nitrogens with two attached hydrogens (primary N) is 1. The first-order valence-electron chi connectivity index (χ1n) is 7.41. The zero-order chi connectivity index (χ0) is 14.6. The molecule has 1 saturated heterocycles. The summed E-state index contributed by atoms with van der Waals surface area (Å²) in [5.74, 6) is 0.